The lowest BCUT2D eigenvalue weighted by atomic mass is 10.0. The summed E-state index contributed by atoms with van der Waals surface area (Å²) in [6, 6.07) is 11.0. The number of hydrogen-bond acceptors (Lipinski definition) is 4. The number of rotatable bonds is 8. The Morgan fingerprint density at radius 2 is 1.92 bits per heavy atom. The Bertz CT molecular complexity index is 776. The number of hydrogen-bond donors (Lipinski definition) is 1. The Hall–Kier alpha value is -2.96. The Morgan fingerprint density at radius 3 is 2.54 bits per heavy atom. The lowest BCUT2D eigenvalue weighted by Crippen LogP contribution is -2.30. The summed E-state index contributed by atoms with van der Waals surface area (Å²) in [7, 11) is 0. The molecule has 0 aliphatic heterocycles. The van der Waals surface area contributed by atoms with Crippen LogP contribution < -0.4 is 10.1 Å². The summed E-state index contributed by atoms with van der Waals surface area (Å²) in [4.78, 5) is 22.0. The zero-order valence-corrected chi connectivity index (χ0v) is 14.7. The van der Waals surface area contributed by atoms with E-state index >= 15 is 0 Å². The minimum Gasteiger partial charge on any atom is -0.477 e. The Kier molecular flexibility index (Phi) is 6.66. The maximum atomic E-state index is 13.2. The van der Waals surface area contributed by atoms with E-state index in [0.717, 1.165) is 23.8 Å². The fourth-order valence-corrected chi connectivity index (χ4v) is 2.36. The molecule has 2 rings (SSSR count). The van der Waals surface area contributed by atoms with E-state index in [2.05, 4.69) is 31.3 Å². The van der Waals surface area contributed by atoms with Crippen molar-refractivity contribution in [3.8, 4) is 5.75 Å². The highest BCUT2D eigenvalue weighted by Gasteiger charge is 2.17. The van der Waals surface area contributed by atoms with E-state index < -0.39 is 23.3 Å². The Labute approximate surface area is 151 Å². The number of carbonyl (C=O) groups is 1. The Morgan fingerprint density at radius 1 is 1.23 bits per heavy atom. The molecule has 0 bridgehead atoms. The van der Waals surface area contributed by atoms with Crippen LogP contribution in [0.5, 0.6) is 5.75 Å². The van der Waals surface area contributed by atoms with Crippen LogP contribution >= 0.6 is 0 Å². The smallest absolute Gasteiger partial charge is 0.311 e. The lowest BCUT2D eigenvalue weighted by Gasteiger charge is -2.09. The molecular formula is C19H21FN2O4. The average molecular weight is 360 g/mol. The molecule has 0 radical (unpaired) electrons. The summed E-state index contributed by atoms with van der Waals surface area (Å²) < 4.78 is 18.3. The number of amides is 1. The van der Waals surface area contributed by atoms with Crippen molar-refractivity contribution in [1.29, 1.82) is 0 Å². The number of nitro groups is 1. The van der Waals surface area contributed by atoms with E-state index in [9.17, 15) is 19.3 Å². The van der Waals surface area contributed by atoms with Crippen LogP contribution in [0.1, 0.15) is 30.9 Å². The molecule has 1 amide bonds. The molecule has 26 heavy (non-hydrogen) atoms. The Balaban J connectivity index is 1.81. The highest BCUT2D eigenvalue weighted by Crippen LogP contribution is 2.27. The number of ether oxygens (including phenoxy) is 1. The van der Waals surface area contributed by atoms with Gasteiger partial charge in [-0.1, -0.05) is 38.1 Å². The van der Waals surface area contributed by atoms with Crippen LogP contribution in [0, 0.1) is 15.9 Å². The predicted molar refractivity (Wildman–Crippen MR) is 95.8 cm³/mol. The lowest BCUT2D eigenvalue weighted by molar-refractivity contribution is -0.385. The second-order valence-corrected chi connectivity index (χ2v) is 6.15. The van der Waals surface area contributed by atoms with Crippen LogP contribution in [-0.4, -0.2) is 24.0 Å². The van der Waals surface area contributed by atoms with E-state index in [1.807, 2.05) is 12.1 Å². The number of nitro benzene ring substituents is 1. The molecule has 0 saturated carbocycles. The summed E-state index contributed by atoms with van der Waals surface area (Å²) in [5, 5.41) is 13.5. The summed E-state index contributed by atoms with van der Waals surface area (Å²) in [5.74, 6) is -0.902. The van der Waals surface area contributed by atoms with Gasteiger partial charge in [0.25, 0.3) is 5.91 Å². The van der Waals surface area contributed by atoms with Crippen LogP contribution in [-0.2, 0) is 11.2 Å². The second-order valence-electron chi connectivity index (χ2n) is 6.15. The molecule has 6 nitrogen and oxygen atoms in total. The first-order valence-electron chi connectivity index (χ1n) is 8.29. The van der Waals surface area contributed by atoms with Gasteiger partial charge in [-0.15, -0.1) is 0 Å². The van der Waals surface area contributed by atoms with Crippen LogP contribution in [0.25, 0.3) is 0 Å². The highest BCUT2D eigenvalue weighted by molar-refractivity contribution is 5.77. The first-order chi connectivity index (χ1) is 12.4. The monoisotopic (exact) mass is 360 g/mol. The molecule has 0 atom stereocenters. The highest BCUT2D eigenvalue weighted by atomic mass is 19.1. The molecule has 138 valence electrons. The van der Waals surface area contributed by atoms with Crippen LogP contribution in [0.4, 0.5) is 10.1 Å². The van der Waals surface area contributed by atoms with Gasteiger partial charge in [-0.25, -0.2) is 4.39 Å². The van der Waals surface area contributed by atoms with Crippen molar-refractivity contribution in [1.82, 2.24) is 5.32 Å². The van der Waals surface area contributed by atoms with E-state index in [-0.39, 0.29) is 11.4 Å². The standard InChI is InChI=1S/C19H21FN2O4/c1-13(2)15-5-3-14(4-6-15)9-10-21-19(23)12-26-18-11-16(20)7-8-17(18)22(24)25/h3-8,11,13H,9-10,12H2,1-2H3,(H,21,23). The third kappa shape index (κ3) is 5.54. The molecule has 0 aliphatic rings. The maximum absolute atomic E-state index is 13.2. The molecule has 7 heteroatoms. The maximum Gasteiger partial charge on any atom is 0.311 e. The molecule has 0 unspecified atom stereocenters. The van der Waals surface area contributed by atoms with Gasteiger partial charge in [0.2, 0.25) is 5.75 Å². The van der Waals surface area contributed by atoms with Gasteiger partial charge >= 0.3 is 5.69 Å². The average Bonchev–Trinajstić information content (AvgIpc) is 2.60. The zero-order chi connectivity index (χ0) is 19.1. The van der Waals surface area contributed by atoms with Gasteiger partial charge in [-0.05, 0) is 29.5 Å². The van der Waals surface area contributed by atoms with Crippen molar-refractivity contribution in [3.05, 3.63) is 69.5 Å². The molecule has 0 fully saturated rings. The van der Waals surface area contributed by atoms with Crippen molar-refractivity contribution in [2.24, 2.45) is 0 Å². The van der Waals surface area contributed by atoms with Gasteiger partial charge in [0.05, 0.1) is 4.92 Å². The SMILES string of the molecule is CC(C)c1ccc(CCNC(=O)COc2cc(F)ccc2[N+](=O)[O-])cc1. The predicted octanol–water partition coefficient (Wildman–Crippen LogP) is 3.60. The summed E-state index contributed by atoms with van der Waals surface area (Å²) in [6.07, 6.45) is 0.657. The fourth-order valence-electron chi connectivity index (χ4n) is 2.36. The normalized spacial score (nSPS) is 10.6. The van der Waals surface area contributed by atoms with Crippen LogP contribution in [0.15, 0.2) is 42.5 Å². The van der Waals surface area contributed by atoms with Crippen molar-refractivity contribution in [2.75, 3.05) is 13.2 Å². The van der Waals surface area contributed by atoms with Gasteiger partial charge in [-0.2, -0.15) is 0 Å². The van der Waals surface area contributed by atoms with E-state index in [1.165, 1.54) is 5.56 Å². The van der Waals surface area contributed by atoms with E-state index in [4.69, 9.17) is 4.74 Å². The topological polar surface area (TPSA) is 81.5 Å². The number of nitrogens with one attached hydrogen (secondary N) is 1. The largest absolute Gasteiger partial charge is 0.477 e. The molecule has 0 heterocycles. The summed E-state index contributed by atoms with van der Waals surface area (Å²) in [5.41, 5.74) is 1.96. The molecule has 0 aliphatic carbocycles. The van der Waals surface area contributed by atoms with Gasteiger partial charge in [0, 0.05) is 18.7 Å². The number of benzene rings is 2. The minimum absolute atomic E-state index is 0.269. The second kappa shape index (κ2) is 8.94. The first kappa shape index (κ1) is 19.4. The van der Waals surface area contributed by atoms with Gasteiger partial charge in [0.1, 0.15) is 5.82 Å². The van der Waals surface area contributed by atoms with Crippen LogP contribution in [0.3, 0.4) is 0 Å². The minimum atomic E-state index is -0.687. The fraction of sp³-hybridized carbons (Fsp3) is 0.316. The van der Waals surface area contributed by atoms with Crippen molar-refractivity contribution in [3.63, 3.8) is 0 Å². The molecule has 2 aromatic carbocycles. The quantitative estimate of drug-likeness (QED) is 0.576. The molecule has 0 spiro atoms. The number of nitrogens with zero attached hydrogens (tertiary/aromatic N) is 1. The molecule has 0 aromatic heterocycles. The molecule has 1 N–H and O–H groups in total. The third-order valence-electron chi connectivity index (χ3n) is 3.86. The van der Waals surface area contributed by atoms with Crippen molar-refractivity contribution >= 4 is 11.6 Å². The van der Waals surface area contributed by atoms with Gasteiger partial charge < -0.3 is 10.1 Å². The third-order valence-corrected chi connectivity index (χ3v) is 3.86. The van der Waals surface area contributed by atoms with Crippen molar-refractivity contribution < 1.29 is 18.8 Å². The van der Waals surface area contributed by atoms with Crippen molar-refractivity contribution in [2.45, 2.75) is 26.2 Å². The van der Waals surface area contributed by atoms with E-state index in [0.29, 0.717) is 18.9 Å². The summed E-state index contributed by atoms with van der Waals surface area (Å²) >= 11 is 0. The van der Waals surface area contributed by atoms with Gasteiger partial charge in [0.15, 0.2) is 6.61 Å². The van der Waals surface area contributed by atoms with E-state index in [1.54, 1.807) is 0 Å². The zero-order valence-electron chi connectivity index (χ0n) is 14.7. The number of carbonyl (C=O) groups excluding carboxylic acids is 1. The number of halogens is 1. The molecular weight excluding hydrogens is 339 g/mol. The van der Waals surface area contributed by atoms with Crippen LogP contribution in [0.2, 0.25) is 0 Å². The van der Waals surface area contributed by atoms with Gasteiger partial charge in [-0.3, -0.25) is 14.9 Å². The molecule has 2 aromatic rings. The summed E-state index contributed by atoms with van der Waals surface area (Å²) in [6.45, 7) is 4.24. The first-order valence-corrected chi connectivity index (χ1v) is 8.29. The molecule has 0 saturated heterocycles.